The first-order valence-electron chi connectivity index (χ1n) is 9.65. The number of hydrogen-bond acceptors (Lipinski definition) is 4. The number of anilines is 1. The Hall–Kier alpha value is -1.62. The third-order valence-electron chi connectivity index (χ3n) is 5.15. The van der Waals surface area contributed by atoms with Crippen LogP contribution in [0.1, 0.15) is 78.4 Å². The number of nitrogens with one attached hydrogen (secondary N) is 1. The van der Waals surface area contributed by atoms with Crippen molar-refractivity contribution in [2.24, 2.45) is 0 Å². The van der Waals surface area contributed by atoms with Gasteiger partial charge >= 0.3 is 6.09 Å². The highest BCUT2D eigenvalue weighted by Gasteiger charge is 2.40. The van der Waals surface area contributed by atoms with Crippen LogP contribution in [0.3, 0.4) is 0 Å². The lowest BCUT2D eigenvalue weighted by atomic mass is 9.72. The van der Waals surface area contributed by atoms with Crippen LogP contribution in [0.5, 0.6) is 0 Å². The summed E-state index contributed by atoms with van der Waals surface area (Å²) in [5.41, 5.74) is 2.25. The van der Waals surface area contributed by atoms with Crippen LogP contribution >= 0.6 is 0 Å². The summed E-state index contributed by atoms with van der Waals surface area (Å²) in [7, 11) is 0. The summed E-state index contributed by atoms with van der Waals surface area (Å²) in [5.74, 6) is 1.25. The molecule has 144 valence electrons. The highest BCUT2D eigenvalue weighted by atomic mass is 16.6. The molecule has 26 heavy (non-hydrogen) atoms. The highest BCUT2D eigenvalue weighted by Crippen LogP contribution is 2.43. The lowest BCUT2D eigenvalue weighted by molar-refractivity contribution is 0.0583. The first-order chi connectivity index (χ1) is 11.9. The Kier molecular flexibility index (Phi) is 4.58. The summed E-state index contributed by atoms with van der Waals surface area (Å²) in [5, 5.41) is 3.75. The van der Waals surface area contributed by atoms with E-state index in [1.165, 1.54) is 11.1 Å². The van der Waals surface area contributed by atoms with Crippen molar-refractivity contribution in [1.82, 2.24) is 10.3 Å². The average Bonchev–Trinajstić information content (AvgIpc) is 2.85. The van der Waals surface area contributed by atoms with Crippen molar-refractivity contribution in [2.75, 3.05) is 11.4 Å². The molecule has 2 aliphatic rings. The maximum Gasteiger partial charge on any atom is 0.416 e. The fourth-order valence-electron chi connectivity index (χ4n) is 4.73. The molecule has 0 saturated carbocycles. The van der Waals surface area contributed by atoms with Crippen LogP contribution in [-0.4, -0.2) is 34.3 Å². The van der Waals surface area contributed by atoms with Gasteiger partial charge in [0.25, 0.3) is 0 Å². The molecule has 0 atom stereocenters. The van der Waals surface area contributed by atoms with Gasteiger partial charge in [-0.05, 0) is 85.3 Å². The summed E-state index contributed by atoms with van der Waals surface area (Å²) in [6, 6.07) is 2.15. The molecule has 1 amide bonds. The first kappa shape index (κ1) is 19.2. The standard InChI is InChI=1S/C21H33N3O2/c1-19(2,3)26-18(25)24-11-9-16-15(8-10-22-17(16)24)14-12-20(4,5)23-21(6,7)13-14/h8,10,14,23H,9,11-13H2,1-7H3. The Morgan fingerprint density at radius 2 is 1.85 bits per heavy atom. The predicted octanol–water partition coefficient (Wildman–Crippen LogP) is 4.40. The normalized spacial score (nSPS) is 22.2. The predicted molar refractivity (Wildman–Crippen MR) is 105 cm³/mol. The second-order valence-electron chi connectivity index (χ2n) is 10.1. The van der Waals surface area contributed by atoms with Crippen molar-refractivity contribution in [3.63, 3.8) is 0 Å². The van der Waals surface area contributed by atoms with Gasteiger partial charge < -0.3 is 10.1 Å². The zero-order valence-corrected chi connectivity index (χ0v) is 17.3. The number of nitrogens with zero attached hydrogens (tertiary/aromatic N) is 2. The Morgan fingerprint density at radius 1 is 1.23 bits per heavy atom. The molecule has 1 aromatic heterocycles. The van der Waals surface area contributed by atoms with Crippen LogP contribution in [0.2, 0.25) is 0 Å². The van der Waals surface area contributed by atoms with Gasteiger partial charge in [0, 0.05) is 29.4 Å². The number of pyridine rings is 1. The van der Waals surface area contributed by atoms with Crippen molar-refractivity contribution in [2.45, 2.75) is 90.3 Å². The van der Waals surface area contributed by atoms with Gasteiger partial charge in [-0.1, -0.05) is 0 Å². The molecular weight excluding hydrogens is 326 g/mol. The maximum absolute atomic E-state index is 12.6. The van der Waals surface area contributed by atoms with Crippen molar-refractivity contribution in [3.8, 4) is 0 Å². The number of fused-ring (bicyclic) bond motifs is 1. The summed E-state index contributed by atoms with van der Waals surface area (Å²) in [6.45, 7) is 15.4. The number of piperidine rings is 1. The first-order valence-corrected chi connectivity index (χ1v) is 9.65. The number of aromatic nitrogens is 1. The third kappa shape index (κ3) is 4.03. The topological polar surface area (TPSA) is 54.5 Å². The number of carbonyl (C=O) groups is 1. The van der Waals surface area contributed by atoms with Gasteiger partial charge in [0.2, 0.25) is 0 Å². The number of hydrogen-bond donors (Lipinski definition) is 1. The largest absolute Gasteiger partial charge is 0.443 e. The van der Waals surface area contributed by atoms with E-state index < -0.39 is 5.60 Å². The molecule has 1 N–H and O–H groups in total. The van der Waals surface area contributed by atoms with Gasteiger partial charge in [-0.2, -0.15) is 0 Å². The summed E-state index contributed by atoms with van der Waals surface area (Å²) >= 11 is 0. The van der Waals surface area contributed by atoms with Crippen molar-refractivity contribution in [1.29, 1.82) is 0 Å². The minimum absolute atomic E-state index is 0.0893. The van der Waals surface area contributed by atoms with Gasteiger partial charge in [-0.3, -0.25) is 4.90 Å². The molecular formula is C21H33N3O2. The maximum atomic E-state index is 12.6. The Labute approximate surface area is 157 Å². The number of amides is 1. The minimum Gasteiger partial charge on any atom is -0.443 e. The Balaban J connectivity index is 1.90. The zero-order chi connectivity index (χ0) is 19.3. The average molecular weight is 360 g/mol. The van der Waals surface area contributed by atoms with Gasteiger partial charge in [0.05, 0.1) is 0 Å². The minimum atomic E-state index is -0.499. The quantitative estimate of drug-likeness (QED) is 0.807. The fourth-order valence-corrected chi connectivity index (χ4v) is 4.73. The lowest BCUT2D eigenvalue weighted by Crippen LogP contribution is -2.57. The molecule has 0 aromatic carbocycles. The van der Waals surface area contributed by atoms with E-state index in [1.54, 1.807) is 4.90 Å². The number of ether oxygens (including phenoxy) is 1. The van der Waals surface area contributed by atoms with E-state index in [0.29, 0.717) is 12.5 Å². The van der Waals surface area contributed by atoms with E-state index in [1.807, 2.05) is 27.0 Å². The molecule has 0 radical (unpaired) electrons. The number of rotatable bonds is 1. The zero-order valence-electron chi connectivity index (χ0n) is 17.3. The second-order valence-corrected chi connectivity index (χ2v) is 10.1. The summed E-state index contributed by atoms with van der Waals surface area (Å²) in [6.07, 6.45) is 4.56. The molecule has 1 aromatic rings. The lowest BCUT2D eigenvalue weighted by Gasteiger charge is -2.47. The van der Waals surface area contributed by atoms with Crippen molar-refractivity contribution < 1.29 is 9.53 Å². The molecule has 0 unspecified atom stereocenters. The van der Waals surface area contributed by atoms with Crippen LogP contribution in [0.4, 0.5) is 10.6 Å². The molecule has 2 aliphatic heterocycles. The van der Waals surface area contributed by atoms with Gasteiger partial charge in [-0.25, -0.2) is 9.78 Å². The fraction of sp³-hybridized carbons (Fsp3) is 0.714. The van der Waals surface area contributed by atoms with Crippen LogP contribution in [0.15, 0.2) is 12.3 Å². The van der Waals surface area contributed by atoms with E-state index in [2.05, 4.69) is 44.1 Å². The number of carbonyl (C=O) groups excluding carboxylic acids is 1. The molecule has 3 heterocycles. The second kappa shape index (κ2) is 6.22. The Bertz CT molecular complexity index is 688. The molecule has 0 spiro atoms. The van der Waals surface area contributed by atoms with Crippen LogP contribution < -0.4 is 10.2 Å². The Morgan fingerprint density at radius 3 is 2.42 bits per heavy atom. The monoisotopic (exact) mass is 359 g/mol. The molecule has 3 rings (SSSR count). The third-order valence-corrected chi connectivity index (χ3v) is 5.15. The SMILES string of the molecule is CC1(C)CC(c2ccnc3c2CCN3C(=O)OC(C)(C)C)CC(C)(C)N1. The molecule has 5 heteroatoms. The van der Waals surface area contributed by atoms with E-state index in [4.69, 9.17) is 4.74 Å². The molecule has 1 saturated heterocycles. The molecule has 0 aliphatic carbocycles. The molecule has 0 bridgehead atoms. The van der Waals surface area contributed by atoms with Gasteiger partial charge in [-0.15, -0.1) is 0 Å². The van der Waals surface area contributed by atoms with Crippen LogP contribution in [0, 0.1) is 0 Å². The van der Waals surface area contributed by atoms with E-state index in [9.17, 15) is 4.79 Å². The van der Waals surface area contributed by atoms with Gasteiger partial charge in [0.15, 0.2) is 0 Å². The van der Waals surface area contributed by atoms with Crippen LogP contribution in [0.25, 0.3) is 0 Å². The van der Waals surface area contributed by atoms with Crippen LogP contribution in [-0.2, 0) is 11.2 Å². The summed E-state index contributed by atoms with van der Waals surface area (Å²) < 4.78 is 5.57. The molecule has 1 fully saturated rings. The van der Waals surface area contributed by atoms with Gasteiger partial charge in [0.1, 0.15) is 11.4 Å². The van der Waals surface area contributed by atoms with Crippen molar-refractivity contribution in [3.05, 3.63) is 23.4 Å². The van der Waals surface area contributed by atoms with E-state index in [-0.39, 0.29) is 17.2 Å². The van der Waals surface area contributed by atoms with E-state index >= 15 is 0 Å². The van der Waals surface area contributed by atoms with Crippen molar-refractivity contribution >= 4 is 11.9 Å². The highest BCUT2D eigenvalue weighted by molar-refractivity contribution is 5.89. The summed E-state index contributed by atoms with van der Waals surface area (Å²) in [4.78, 5) is 18.8. The van der Waals surface area contributed by atoms with E-state index in [0.717, 1.165) is 25.1 Å². The molecule has 5 nitrogen and oxygen atoms in total. The smallest absolute Gasteiger partial charge is 0.416 e.